The van der Waals surface area contributed by atoms with Crippen LogP contribution in [0.15, 0.2) is 18.5 Å². The van der Waals surface area contributed by atoms with E-state index in [-0.39, 0.29) is 12.0 Å². The summed E-state index contributed by atoms with van der Waals surface area (Å²) in [4.78, 5) is 19.0. The summed E-state index contributed by atoms with van der Waals surface area (Å²) in [5, 5.41) is 0.908. The highest BCUT2D eigenvalue weighted by molar-refractivity contribution is 7.21. The van der Waals surface area contributed by atoms with Crippen LogP contribution in [-0.2, 0) is 4.74 Å². The molecule has 1 saturated heterocycles. The summed E-state index contributed by atoms with van der Waals surface area (Å²) in [6, 6.07) is 1.85. The summed E-state index contributed by atoms with van der Waals surface area (Å²) < 4.78 is 6.23. The third-order valence-electron chi connectivity index (χ3n) is 3.49. The number of ether oxygens (including phenoxy) is 1. The number of hydrogen-bond acceptors (Lipinski definition) is 5. The number of carbonyl (C=O) groups is 1. The Hall–Kier alpha value is -1.66. The molecule has 1 unspecified atom stereocenters. The van der Waals surface area contributed by atoms with Crippen LogP contribution in [0.4, 0.5) is 5.69 Å². The minimum Gasteiger partial charge on any atom is -0.397 e. The quantitative estimate of drug-likeness (QED) is 0.908. The summed E-state index contributed by atoms with van der Waals surface area (Å²) in [7, 11) is 1.68. The number of rotatable bonds is 2. The number of carbonyl (C=O) groups excluding carboxylic acids is 1. The van der Waals surface area contributed by atoms with Gasteiger partial charge in [0.15, 0.2) is 0 Å². The lowest BCUT2D eigenvalue weighted by molar-refractivity contribution is 0.0729. The first-order valence-electron chi connectivity index (χ1n) is 6.14. The van der Waals surface area contributed by atoms with Crippen LogP contribution < -0.4 is 5.73 Å². The average Bonchev–Trinajstić information content (AvgIpc) is 3.04. The second-order valence-corrected chi connectivity index (χ2v) is 5.67. The third kappa shape index (κ3) is 2.06. The Labute approximate surface area is 115 Å². The number of likely N-dealkylation sites (tertiary alicyclic amines) is 1. The molecule has 1 aliphatic heterocycles. The van der Waals surface area contributed by atoms with Gasteiger partial charge >= 0.3 is 0 Å². The molecule has 1 fully saturated rings. The molecule has 2 aromatic heterocycles. The highest BCUT2D eigenvalue weighted by atomic mass is 32.1. The Morgan fingerprint density at radius 3 is 3.16 bits per heavy atom. The Balaban J connectivity index is 1.92. The number of anilines is 1. The van der Waals surface area contributed by atoms with E-state index in [1.807, 2.05) is 11.0 Å². The van der Waals surface area contributed by atoms with Crippen LogP contribution >= 0.6 is 11.3 Å². The van der Waals surface area contributed by atoms with E-state index in [2.05, 4.69) is 4.98 Å². The fraction of sp³-hybridized carbons (Fsp3) is 0.385. The number of nitrogen functional groups attached to an aromatic ring is 1. The van der Waals surface area contributed by atoms with Gasteiger partial charge in [0.05, 0.1) is 16.5 Å². The van der Waals surface area contributed by atoms with Gasteiger partial charge in [0.2, 0.25) is 0 Å². The Morgan fingerprint density at radius 2 is 2.47 bits per heavy atom. The SMILES string of the molecule is COC1CCN(C(=O)c2sc3cnccc3c2N)C1. The van der Waals surface area contributed by atoms with Gasteiger partial charge in [-0.2, -0.15) is 0 Å². The van der Waals surface area contributed by atoms with Crippen LogP contribution in [0.3, 0.4) is 0 Å². The van der Waals surface area contributed by atoms with Crippen LogP contribution in [0.2, 0.25) is 0 Å². The molecule has 2 aromatic rings. The van der Waals surface area contributed by atoms with Gasteiger partial charge < -0.3 is 15.4 Å². The summed E-state index contributed by atoms with van der Waals surface area (Å²) >= 11 is 1.41. The van der Waals surface area contributed by atoms with E-state index in [4.69, 9.17) is 10.5 Å². The van der Waals surface area contributed by atoms with Crippen molar-refractivity contribution in [1.82, 2.24) is 9.88 Å². The Kier molecular flexibility index (Phi) is 3.12. The monoisotopic (exact) mass is 277 g/mol. The topological polar surface area (TPSA) is 68.5 Å². The maximum Gasteiger partial charge on any atom is 0.266 e. The lowest BCUT2D eigenvalue weighted by atomic mass is 10.2. The molecule has 5 nitrogen and oxygen atoms in total. The van der Waals surface area contributed by atoms with Gasteiger partial charge in [-0.25, -0.2) is 0 Å². The van der Waals surface area contributed by atoms with Crippen molar-refractivity contribution >= 4 is 33.0 Å². The van der Waals surface area contributed by atoms with E-state index in [0.29, 0.717) is 17.1 Å². The number of nitrogens with zero attached hydrogens (tertiary/aromatic N) is 2. The first kappa shape index (κ1) is 12.4. The van der Waals surface area contributed by atoms with Crippen molar-refractivity contribution in [1.29, 1.82) is 0 Å². The predicted octanol–water partition coefficient (Wildman–Crippen LogP) is 1.74. The van der Waals surface area contributed by atoms with E-state index < -0.39 is 0 Å². The fourth-order valence-electron chi connectivity index (χ4n) is 2.38. The van der Waals surface area contributed by atoms with Gasteiger partial charge in [-0.3, -0.25) is 9.78 Å². The molecule has 1 amide bonds. The molecule has 3 rings (SSSR count). The second-order valence-electron chi connectivity index (χ2n) is 4.61. The Bertz CT molecular complexity index is 625. The third-order valence-corrected chi connectivity index (χ3v) is 4.64. The molecule has 6 heteroatoms. The standard InChI is InChI=1S/C13H15N3O2S/c1-18-8-3-5-16(7-8)13(17)12-11(14)9-2-4-15-6-10(9)19-12/h2,4,6,8H,3,5,7,14H2,1H3. The lowest BCUT2D eigenvalue weighted by Gasteiger charge is -2.15. The molecule has 0 aromatic carbocycles. The smallest absolute Gasteiger partial charge is 0.266 e. The van der Waals surface area contributed by atoms with Crippen molar-refractivity contribution in [3.05, 3.63) is 23.3 Å². The molecule has 0 saturated carbocycles. The number of pyridine rings is 1. The van der Waals surface area contributed by atoms with Gasteiger partial charge in [-0.1, -0.05) is 0 Å². The highest BCUT2D eigenvalue weighted by Crippen LogP contribution is 2.34. The first-order chi connectivity index (χ1) is 9.20. The Morgan fingerprint density at radius 1 is 1.63 bits per heavy atom. The normalized spacial score (nSPS) is 19.2. The average molecular weight is 277 g/mol. The van der Waals surface area contributed by atoms with E-state index in [1.165, 1.54) is 11.3 Å². The first-order valence-corrected chi connectivity index (χ1v) is 6.96. The molecule has 1 aliphatic rings. The number of fused-ring (bicyclic) bond motifs is 1. The van der Waals surface area contributed by atoms with Crippen molar-refractivity contribution in [2.24, 2.45) is 0 Å². The molecule has 0 aliphatic carbocycles. The summed E-state index contributed by atoms with van der Waals surface area (Å²) in [5.41, 5.74) is 6.64. The zero-order valence-corrected chi connectivity index (χ0v) is 11.4. The van der Waals surface area contributed by atoms with Crippen molar-refractivity contribution in [3.8, 4) is 0 Å². The lowest BCUT2D eigenvalue weighted by Crippen LogP contribution is -2.29. The summed E-state index contributed by atoms with van der Waals surface area (Å²) in [5.74, 6) is -0.00162. The number of thiophene rings is 1. The minimum absolute atomic E-state index is 0.00162. The largest absolute Gasteiger partial charge is 0.397 e. The number of aromatic nitrogens is 1. The van der Waals surface area contributed by atoms with Crippen LogP contribution in [0.25, 0.3) is 10.1 Å². The highest BCUT2D eigenvalue weighted by Gasteiger charge is 2.29. The summed E-state index contributed by atoms with van der Waals surface area (Å²) in [6.45, 7) is 1.37. The molecular weight excluding hydrogens is 262 g/mol. The molecule has 0 spiro atoms. The maximum absolute atomic E-state index is 12.5. The predicted molar refractivity (Wildman–Crippen MR) is 75.3 cm³/mol. The zero-order valence-electron chi connectivity index (χ0n) is 10.6. The zero-order chi connectivity index (χ0) is 13.4. The van der Waals surface area contributed by atoms with E-state index >= 15 is 0 Å². The molecular formula is C13H15N3O2S. The molecule has 19 heavy (non-hydrogen) atoms. The van der Waals surface area contributed by atoms with Gasteiger partial charge in [0, 0.05) is 38.0 Å². The van der Waals surface area contributed by atoms with Gasteiger partial charge in [-0.15, -0.1) is 11.3 Å². The van der Waals surface area contributed by atoms with Gasteiger partial charge in [-0.05, 0) is 12.5 Å². The second kappa shape index (κ2) is 4.79. The number of hydrogen-bond donors (Lipinski definition) is 1. The van der Waals surface area contributed by atoms with Crippen LogP contribution in [0.1, 0.15) is 16.1 Å². The minimum atomic E-state index is -0.00162. The van der Waals surface area contributed by atoms with Gasteiger partial charge in [0.1, 0.15) is 4.88 Å². The van der Waals surface area contributed by atoms with Crippen LogP contribution in [-0.4, -0.2) is 42.1 Å². The molecule has 1 atom stereocenters. The maximum atomic E-state index is 12.5. The van der Waals surface area contributed by atoms with E-state index in [0.717, 1.165) is 23.1 Å². The van der Waals surface area contributed by atoms with Crippen molar-refractivity contribution in [3.63, 3.8) is 0 Å². The van der Waals surface area contributed by atoms with Crippen LogP contribution in [0, 0.1) is 0 Å². The van der Waals surface area contributed by atoms with E-state index in [1.54, 1.807) is 19.5 Å². The molecule has 0 bridgehead atoms. The van der Waals surface area contributed by atoms with E-state index in [9.17, 15) is 4.79 Å². The van der Waals surface area contributed by atoms with Crippen molar-refractivity contribution in [2.45, 2.75) is 12.5 Å². The molecule has 3 heterocycles. The number of amides is 1. The molecule has 0 radical (unpaired) electrons. The van der Waals surface area contributed by atoms with Crippen molar-refractivity contribution < 1.29 is 9.53 Å². The fourth-order valence-corrected chi connectivity index (χ4v) is 3.44. The molecule has 100 valence electrons. The van der Waals surface area contributed by atoms with Gasteiger partial charge in [0.25, 0.3) is 5.91 Å². The molecule has 2 N–H and O–H groups in total. The number of methoxy groups -OCH3 is 1. The van der Waals surface area contributed by atoms with Crippen LogP contribution in [0.5, 0.6) is 0 Å². The van der Waals surface area contributed by atoms with Crippen molar-refractivity contribution in [2.75, 3.05) is 25.9 Å². The summed E-state index contributed by atoms with van der Waals surface area (Å²) in [6.07, 6.45) is 4.46. The number of nitrogens with two attached hydrogens (primary N) is 1.